The van der Waals surface area contributed by atoms with E-state index >= 15 is 0 Å². The van der Waals surface area contributed by atoms with Crippen molar-refractivity contribution in [2.45, 2.75) is 26.4 Å². The second-order valence-corrected chi connectivity index (χ2v) is 6.95. The summed E-state index contributed by atoms with van der Waals surface area (Å²) in [5.74, 6) is 0.905. The number of nitrogens with zero attached hydrogens (tertiary/aromatic N) is 4. The molecule has 0 radical (unpaired) electrons. The Balaban J connectivity index is 1.27. The lowest BCUT2D eigenvalue weighted by molar-refractivity contribution is -0.384. The molecule has 0 N–H and O–H groups in total. The molecule has 0 aliphatic rings. The molecular formula is C22H18N4O6. The molecule has 0 unspecified atom stereocenters. The Morgan fingerprint density at radius 1 is 1.00 bits per heavy atom. The quantitative estimate of drug-likeness (QED) is 0.226. The van der Waals surface area contributed by atoms with Gasteiger partial charge < -0.3 is 13.6 Å². The number of esters is 1. The fourth-order valence-corrected chi connectivity index (χ4v) is 2.85. The number of carbonyl (C=O) groups is 1. The average molecular weight is 434 g/mol. The van der Waals surface area contributed by atoms with Gasteiger partial charge in [0, 0.05) is 29.7 Å². The van der Waals surface area contributed by atoms with E-state index in [1.165, 1.54) is 24.3 Å². The highest BCUT2D eigenvalue weighted by Gasteiger charge is 2.14. The van der Waals surface area contributed by atoms with Crippen LogP contribution in [0.5, 0.6) is 0 Å². The number of rotatable bonds is 8. The normalized spacial score (nSPS) is 10.8. The molecule has 0 saturated carbocycles. The molecule has 2 aromatic heterocycles. The molecule has 0 saturated heterocycles. The molecule has 2 aromatic carbocycles. The first-order chi connectivity index (χ1) is 15.5. The zero-order valence-corrected chi connectivity index (χ0v) is 17.1. The summed E-state index contributed by atoms with van der Waals surface area (Å²) >= 11 is 0. The van der Waals surface area contributed by atoms with Crippen LogP contribution >= 0.6 is 0 Å². The van der Waals surface area contributed by atoms with Gasteiger partial charge in [-0.25, -0.2) is 4.98 Å². The highest BCUT2D eigenvalue weighted by Crippen LogP contribution is 2.22. The Morgan fingerprint density at radius 2 is 1.72 bits per heavy atom. The zero-order valence-electron chi connectivity index (χ0n) is 17.1. The Labute approximate surface area is 182 Å². The number of oxazole rings is 1. The molecule has 32 heavy (non-hydrogen) atoms. The number of non-ortho nitro benzene ring substituents is 1. The molecule has 10 heteroatoms. The van der Waals surface area contributed by atoms with Crippen LogP contribution in [0.3, 0.4) is 0 Å². The molecule has 0 spiro atoms. The van der Waals surface area contributed by atoms with Crippen molar-refractivity contribution in [3.8, 4) is 22.8 Å². The average Bonchev–Trinajstić information content (AvgIpc) is 3.47. The third-order valence-electron chi connectivity index (χ3n) is 4.58. The molecule has 4 rings (SSSR count). The number of ether oxygens (including phenoxy) is 1. The minimum atomic E-state index is -0.496. The van der Waals surface area contributed by atoms with E-state index in [4.69, 9.17) is 13.6 Å². The van der Waals surface area contributed by atoms with Crippen molar-refractivity contribution in [1.29, 1.82) is 0 Å². The number of benzene rings is 2. The molecule has 0 aliphatic heterocycles. The van der Waals surface area contributed by atoms with Gasteiger partial charge in [0.1, 0.15) is 0 Å². The maximum Gasteiger partial charge on any atom is 0.306 e. The van der Waals surface area contributed by atoms with E-state index in [0.717, 1.165) is 11.1 Å². The first kappa shape index (κ1) is 20.9. The summed E-state index contributed by atoms with van der Waals surface area (Å²) in [4.78, 5) is 26.5. The Kier molecular flexibility index (Phi) is 6.02. The molecule has 162 valence electrons. The first-order valence-electron chi connectivity index (χ1n) is 9.72. The van der Waals surface area contributed by atoms with Crippen molar-refractivity contribution < 1.29 is 23.3 Å². The van der Waals surface area contributed by atoms with Gasteiger partial charge in [-0.1, -0.05) is 29.8 Å². The first-order valence-corrected chi connectivity index (χ1v) is 9.72. The van der Waals surface area contributed by atoms with Gasteiger partial charge in [0.25, 0.3) is 11.6 Å². The van der Waals surface area contributed by atoms with Crippen LogP contribution in [-0.4, -0.2) is 26.1 Å². The lowest BCUT2D eigenvalue weighted by atomic mass is 10.1. The molecule has 0 atom stereocenters. The van der Waals surface area contributed by atoms with Gasteiger partial charge in [0.05, 0.1) is 17.5 Å². The SMILES string of the molecule is Cc1ccc(-c2cnc(CCC(=O)OCc3nnc(-c4ccc([N+](=O)[O-])cc4)o3)o2)cc1. The van der Waals surface area contributed by atoms with Crippen molar-refractivity contribution in [3.63, 3.8) is 0 Å². The number of aromatic nitrogens is 3. The second-order valence-electron chi connectivity index (χ2n) is 6.95. The van der Waals surface area contributed by atoms with Gasteiger partial charge >= 0.3 is 5.97 Å². The predicted octanol–water partition coefficient (Wildman–Crippen LogP) is 4.28. The number of nitro benzene ring substituents is 1. The summed E-state index contributed by atoms with van der Waals surface area (Å²) in [5, 5.41) is 18.4. The third-order valence-corrected chi connectivity index (χ3v) is 4.58. The standard InChI is InChI=1S/C22H18N4O6/c1-14-2-4-15(5-3-14)18-12-23-19(31-18)10-11-21(27)30-13-20-24-25-22(32-20)16-6-8-17(9-7-16)26(28)29/h2-9,12H,10-11,13H2,1H3. The van der Waals surface area contributed by atoms with E-state index in [1.54, 1.807) is 6.20 Å². The summed E-state index contributed by atoms with van der Waals surface area (Å²) < 4.78 is 16.3. The summed E-state index contributed by atoms with van der Waals surface area (Å²) in [6.45, 7) is 1.82. The minimum absolute atomic E-state index is 0.0422. The van der Waals surface area contributed by atoms with Crippen LogP contribution in [-0.2, 0) is 22.6 Å². The highest BCUT2D eigenvalue weighted by molar-refractivity contribution is 5.69. The van der Waals surface area contributed by atoms with Crippen LogP contribution in [0, 0.1) is 17.0 Å². The molecule has 2 heterocycles. The van der Waals surface area contributed by atoms with Crippen LogP contribution in [0.4, 0.5) is 5.69 Å². The van der Waals surface area contributed by atoms with Crippen LogP contribution < -0.4 is 0 Å². The number of hydrogen-bond acceptors (Lipinski definition) is 9. The summed E-state index contributed by atoms with van der Waals surface area (Å²) in [5.41, 5.74) is 2.54. The van der Waals surface area contributed by atoms with Crippen molar-refractivity contribution in [2.24, 2.45) is 0 Å². The Hall–Kier alpha value is -4.34. The largest absolute Gasteiger partial charge is 0.456 e. The highest BCUT2D eigenvalue weighted by atomic mass is 16.6. The number of carbonyl (C=O) groups excluding carboxylic acids is 1. The van der Waals surface area contributed by atoms with Crippen LogP contribution in [0.15, 0.2) is 63.6 Å². The number of nitro groups is 1. The molecule has 10 nitrogen and oxygen atoms in total. The second kappa shape index (κ2) is 9.21. The van der Waals surface area contributed by atoms with E-state index in [0.29, 0.717) is 23.6 Å². The van der Waals surface area contributed by atoms with E-state index in [1.807, 2.05) is 31.2 Å². The van der Waals surface area contributed by atoms with Gasteiger partial charge in [-0.15, -0.1) is 10.2 Å². The van der Waals surface area contributed by atoms with E-state index in [-0.39, 0.29) is 30.5 Å². The van der Waals surface area contributed by atoms with Crippen LogP contribution in [0.25, 0.3) is 22.8 Å². The number of aryl methyl sites for hydroxylation is 2. The summed E-state index contributed by atoms with van der Waals surface area (Å²) in [6, 6.07) is 13.6. The lowest BCUT2D eigenvalue weighted by Crippen LogP contribution is -2.06. The van der Waals surface area contributed by atoms with Crippen molar-refractivity contribution in [3.05, 3.63) is 82.2 Å². The topological polar surface area (TPSA) is 134 Å². The van der Waals surface area contributed by atoms with Gasteiger partial charge in [-0.05, 0) is 19.1 Å². The van der Waals surface area contributed by atoms with Gasteiger partial charge in [0.2, 0.25) is 5.89 Å². The van der Waals surface area contributed by atoms with Gasteiger partial charge in [-0.2, -0.15) is 0 Å². The van der Waals surface area contributed by atoms with E-state index in [2.05, 4.69) is 15.2 Å². The molecular weight excluding hydrogens is 416 g/mol. The minimum Gasteiger partial charge on any atom is -0.456 e. The fourth-order valence-electron chi connectivity index (χ4n) is 2.85. The molecule has 0 aliphatic carbocycles. The van der Waals surface area contributed by atoms with Crippen molar-refractivity contribution >= 4 is 11.7 Å². The van der Waals surface area contributed by atoms with Crippen LogP contribution in [0.2, 0.25) is 0 Å². The monoisotopic (exact) mass is 434 g/mol. The molecule has 0 amide bonds. The fraction of sp³-hybridized carbons (Fsp3) is 0.182. The van der Waals surface area contributed by atoms with E-state index in [9.17, 15) is 14.9 Å². The van der Waals surface area contributed by atoms with Crippen LogP contribution in [0.1, 0.15) is 23.8 Å². The predicted molar refractivity (Wildman–Crippen MR) is 111 cm³/mol. The summed E-state index contributed by atoms with van der Waals surface area (Å²) in [7, 11) is 0. The van der Waals surface area contributed by atoms with Gasteiger partial charge in [-0.3, -0.25) is 14.9 Å². The molecule has 0 bridgehead atoms. The number of hydrogen-bond donors (Lipinski definition) is 0. The smallest absolute Gasteiger partial charge is 0.306 e. The van der Waals surface area contributed by atoms with Gasteiger partial charge in [0.15, 0.2) is 18.3 Å². The maximum atomic E-state index is 12.0. The van der Waals surface area contributed by atoms with Crippen molar-refractivity contribution in [2.75, 3.05) is 0 Å². The summed E-state index contributed by atoms with van der Waals surface area (Å²) in [6.07, 6.45) is 2.00. The third kappa shape index (κ3) is 5.04. The maximum absolute atomic E-state index is 12.0. The molecule has 0 fully saturated rings. The Bertz CT molecular complexity index is 1230. The van der Waals surface area contributed by atoms with E-state index < -0.39 is 10.9 Å². The Morgan fingerprint density at radius 3 is 2.44 bits per heavy atom. The van der Waals surface area contributed by atoms with Crippen molar-refractivity contribution in [1.82, 2.24) is 15.2 Å². The lowest BCUT2D eigenvalue weighted by Gasteiger charge is -2.00. The zero-order chi connectivity index (χ0) is 22.5. The molecule has 4 aromatic rings.